The van der Waals surface area contributed by atoms with Crippen LogP contribution in [0.1, 0.15) is 18.3 Å². The van der Waals surface area contributed by atoms with Crippen molar-refractivity contribution in [2.75, 3.05) is 11.9 Å². The molecule has 94 valence electrons. The molecule has 0 aliphatic heterocycles. The highest BCUT2D eigenvalue weighted by Crippen LogP contribution is 2.16. The molecule has 2 rings (SSSR count). The number of nitrogens with one attached hydrogen (secondary N) is 1. The fraction of sp³-hybridized carbons (Fsp3) is 0.231. The number of halogens is 2. The first-order chi connectivity index (χ1) is 8.69. The number of anilines is 1. The molecule has 0 fully saturated rings. The number of hydrogen-bond acceptors (Lipinski definition) is 3. The average molecular weight is 374 g/mol. The summed E-state index contributed by atoms with van der Waals surface area (Å²) in [6.07, 6.45) is 2.56. The van der Waals surface area contributed by atoms with Crippen molar-refractivity contribution < 1.29 is 0 Å². The van der Waals surface area contributed by atoms with Gasteiger partial charge in [0.05, 0.1) is 3.57 Å². The van der Waals surface area contributed by atoms with Gasteiger partial charge < -0.3 is 5.32 Å². The molecule has 0 radical (unpaired) electrons. The van der Waals surface area contributed by atoms with E-state index < -0.39 is 0 Å². The van der Waals surface area contributed by atoms with Crippen molar-refractivity contribution in [3.8, 4) is 0 Å². The molecule has 0 bridgehead atoms. The van der Waals surface area contributed by atoms with E-state index >= 15 is 0 Å². The van der Waals surface area contributed by atoms with E-state index in [9.17, 15) is 0 Å². The van der Waals surface area contributed by atoms with E-state index in [1.54, 1.807) is 0 Å². The first-order valence-electron chi connectivity index (χ1n) is 5.68. The van der Waals surface area contributed by atoms with Crippen LogP contribution in [0.5, 0.6) is 0 Å². The molecule has 18 heavy (non-hydrogen) atoms. The number of aromatic nitrogens is 2. The molecule has 0 aliphatic carbocycles. The van der Waals surface area contributed by atoms with E-state index in [1.165, 1.54) is 0 Å². The van der Waals surface area contributed by atoms with Gasteiger partial charge in [0.2, 0.25) is 0 Å². The van der Waals surface area contributed by atoms with Gasteiger partial charge in [0.15, 0.2) is 0 Å². The topological polar surface area (TPSA) is 37.8 Å². The zero-order valence-electron chi connectivity index (χ0n) is 9.95. The summed E-state index contributed by atoms with van der Waals surface area (Å²) in [5, 5.41) is 3.98. The third-order valence-electron chi connectivity index (χ3n) is 2.41. The van der Waals surface area contributed by atoms with Gasteiger partial charge in [-0.25, -0.2) is 9.97 Å². The maximum Gasteiger partial charge on any atom is 0.143 e. The van der Waals surface area contributed by atoms with Gasteiger partial charge in [0.25, 0.3) is 0 Å². The van der Waals surface area contributed by atoms with E-state index in [0.717, 1.165) is 32.3 Å². The predicted molar refractivity (Wildman–Crippen MR) is 83.2 cm³/mol. The minimum Gasteiger partial charge on any atom is -0.369 e. The van der Waals surface area contributed by atoms with Crippen molar-refractivity contribution in [3.63, 3.8) is 0 Å². The van der Waals surface area contributed by atoms with Crippen LogP contribution in [0.15, 0.2) is 30.5 Å². The largest absolute Gasteiger partial charge is 0.369 e. The zero-order valence-corrected chi connectivity index (χ0v) is 12.9. The van der Waals surface area contributed by atoms with Gasteiger partial charge in [0, 0.05) is 24.2 Å². The first-order valence-corrected chi connectivity index (χ1v) is 7.14. The predicted octanol–water partition coefficient (Wildman–Crippen LogP) is 3.76. The Hall–Kier alpha value is -0.880. The van der Waals surface area contributed by atoms with Crippen molar-refractivity contribution in [2.45, 2.75) is 13.3 Å². The van der Waals surface area contributed by atoms with Gasteiger partial charge in [-0.2, -0.15) is 0 Å². The molecule has 0 unspecified atom stereocenters. The van der Waals surface area contributed by atoms with Crippen molar-refractivity contribution in [3.05, 3.63) is 50.4 Å². The summed E-state index contributed by atoms with van der Waals surface area (Å²) in [7, 11) is 0. The van der Waals surface area contributed by atoms with Crippen LogP contribution in [0.25, 0.3) is 0 Å². The third kappa shape index (κ3) is 3.55. The molecule has 0 atom stereocenters. The fourth-order valence-corrected chi connectivity index (χ4v) is 2.14. The number of benzene rings is 1. The molecular formula is C13H13ClIN3. The van der Waals surface area contributed by atoms with E-state index in [1.807, 2.05) is 30.5 Å². The van der Waals surface area contributed by atoms with E-state index in [4.69, 9.17) is 11.6 Å². The van der Waals surface area contributed by atoms with Crippen LogP contribution in [0.4, 0.5) is 5.82 Å². The van der Waals surface area contributed by atoms with Gasteiger partial charge >= 0.3 is 0 Å². The second-order valence-electron chi connectivity index (χ2n) is 3.82. The summed E-state index contributed by atoms with van der Waals surface area (Å²) in [6.45, 7) is 2.91. The lowest BCUT2D eigenvalue weighted by Gasteiger charge is -2.07. The number of nitrogens with zero attached hydrogens (tertiary/aromatic N) is 2. The van der Waals surface area contributed by atoms with Crippen LogP contribution >= 0.6 is 34.2 Å². The van der Waals surface area contributed by atoms with Crippen LogP contribution in [0.3, 0.4) is 0 Å². The van der Waals surface area contributed by atoms with E-state index in [2.05, 4.69) is 44.8 Å². The maximum absolute atomic E-state index is 5.86. The van der Waals surface area contributed by atoms with Crippen molar-refractivity contribution in [1.82, 2.24) is 9.97 Å². The molecule has 1 aromatic carbocycles. The third-order valence-corrected chi connectivity index (χ3v) is 3.46. The van der Waals surface area contributed by atoms with Crippen LogP contribution in [-0.2, 0) is 6.42 Å². The molecule has 0 amide bonds. The van der Waals surface area contributed by atoms with Gasteiger partial charge in [-0.1, -0.05) is 23.7 Å². The van der Waals surface area contributed by atoms with E-state index in [-0.39, 0.29) is 0 Å². The summed E-state index contributed by atoms with van der Waals surface area (Å²) >= 11 is 8.09. The van der Waals surface area contributed by atoms with E-state index in [0.29, 0.717) is 6.42 Å². The van der Waals surface area contributed by atoms with Crippen LogP contribution in [0, 0.1) is 3.57 Å². The molecule has 3 nitrogen and oxygen atoms in total. The number of rotatable bonds is 4. The summed E-state index contributed by atoms with van der Waals surface area (Å²) in [6, 6.07) is 7.76. The maximum atomic E-state index is 5.86. The summed E-state index contributed by atoms with van der Waals surface area (Å²) in [5.74, 6) is 1.71. The minimum atomic E-state index is 0.715. The Kier molecular flexibility index (Phi) is 4.77. The second kappa shape index (κ2) is 6.33. The quantitative estimate of drug-likeness (QED) is 0.829. The van der Waals surface area contributed by atoms with Gasteiger partial charge in [-0.05, 0) is 47.2 Å². The van der Waals surface area contributed by atoms with Gasteiger partial charge in [-0.3, -0.25) is 0 Å². The SMILES string of the molecule is CCNc1nc(Cc2ccc(Cl)cc2)ncc1I. The van der Waals surface area contributed by atoms with Gasteiger partial charge in [-0.15, -0.1) is 0 Å². The fourth-order valence-electron chi connectivity index (χ4n) is 1.57. The smallest absolute Gasteiger partial charge is 0.143 e. The first kappa shape index (κ1) is 13.5. The highest BCUT2D eigenvalue weighted by Gasteiger charge is 2.05. The summed E-state index contributed by atoms with van der Waals surface area (Å²) in [4.78, 5) is 8.86. The Bertz CT molecular complexity index is 528. The highest BCUT2D eigenvalue weighted by molar-refractivity contribution is 14.1. The highest BCUT2D eigenvalue weighted by atomic mass is 127. The van der Waals surface area contributed by atoms with Crippen molar-refractivity contribution >= 4 is 40.0 Å². The molecule has 1 heterocycles. The lowest BCUT2D eigenvalue weighted by atomic mass is 10.1. The Morgan fingerprint density at radius 2 is 2.00 bits per heavy atom. The normalized spacial score (nSPS) is 10.4. The van der Waals surface area contributed by atoms with Crippen LogP contribution < -0.4 is 5.32 Å². The molecule has 0 spiro atoms. The molecule has 2 aromatic rings. The van der Waals surface area contributed by atoms with Crippen molar-refractivity contribution in [2.24, 2.45) is 0 Å². The minimum absolute atomic E-state index is 0.715. The lowest BCUT2D eigenvalue weighted by Crippen LogP contribution is -2.06. The van der Waals surface area contributed by atoms with Crippen molar-refractivity contribution in [1.29, 1.82) is 0 Å². The Morgan fingerprint density at radius 3 is 2.67 bits per heavy atom. The molecule has 0 saturated carbocycles. The Morgan fingerprint density at radius 1 is 1.28 bits per heavy atom. The summed E-state index contributed by atoms with van der Waals surface area (Å²) < 4.78 is 1.04. The molecule has 0 aliphatic rings. The lowest BCUT2D eigenvalue weighted by molar-refractivity contribution is 0.955. The molecule has 1 aromatic heterocycles. The standard InChI is InChI=1S/C13H13ClIN3/c1-2-16-13-11(15)8-17-12(18-13)7-9-3-5-10(14)6-4-9/h3-6,8H,2,7H2,1H3,(H,16,17,18). The van der Waals surface area contributed by atoms with Gasteiger partial charge in [0.1, 0.15) is 11.6 Å². The van der Waals surface area contributed by atoms with Crippen LogP contribution in [-0.4, -0.2) is 16.5 Å². The molecule has 1 N–H and O–H groups in total. The Labute approximate surface area is 125 Å². The second-order valence-corrected chi connectivity index (χ2v) is 5.41. The average Bonchev–Trinajstić information content (AvgIpc) is 2.37. The molecule has 0 saturated heterocycles. The summed E-state index contributed by atoms with van der Waals surface area (Å²) in [5.41, 5.74) is 1.16. The Balaban J connectivity index is 2.18. The zero-order chi connectivity index (χ0) is 13.0. The monoisotopic (exact) mass is 373 g/mol. The molecule has 5 heteroatoms. The van der Waals surface area contributed by atoms with Crippen LogP contribution in [0.2, 0.25) is 5.02 Å². The molecular weight excluding hydrogens is 361 g/mol. The number of hydrogen-bond donors (Lipinski definition) is 1.